The van der Waals surface area contributed by atoms with Crippen molar-refractivity contribution in [3.63, 3.8) is 0 Å². The van der Waals surface area contributed by atoms with Crippen LogP contribution in [0, 0.1) is 5.82 Å². The number of halogens is 2. The molecule has 0 amide bonds. The highest BCUT2D eigenvalue weighted by molar-refractivity contribution is 9.10. The number of para-hydroxylation sites is 1. The molecule has 0 saturated heterocycles. The van der Waals surface area contributed by atoms with Gasteiger partial charge in [0.2, 0.25) is 0 Å². The molecule has 0 aliphatic carbocycles. The normalized spacial score (nSPS) is 12.0. The molecular weight excluding hydrogens is 325 g/mol. The number of benzene rings is 2. The number of ether oxygens (including phenoxy) is 2. The van der Waals surface area contributed by atoms with Crippen molar-refractivity contribution in [2.45, 2.75) is 6.10 Å². The molecule has 1 unspecified atom stereocenters. The van der Waals surface area contributed by atoms with E-state index in [4.69, 9.17) is 15.2 Å². The van der Waals surface area contributed by atoms with E-state index >= 15 is 0 Å². The summed E-state index contributed by atoms with van der Waals surface area (Å²) in [5, 5.41) is 0. The fraction of sp³-hybridized carbons (Fsp3) is 0.200. The number of hydrogen-bond donors (Lipinski definition) is 1. The third-order valence-corrected chi connectivity index (χ3v) is 3.52. The Labute approximate surface area is 125 Å². The first-order valence-corrected chi connectivity index (χ1v) is 6.89. The maximum absolute atomic E-state index is 13.3. The van der Waals surface area contributed by atoms with Crippen LogP contribution in [0.25, 0.3) is 0 Å². The predicted octanol–water partition coefficient (Wildman–Crippen LogP) is 3.68. The Morgan fingerprint density at radius 1 is 1.20 bits per heavy atom. The van der Waals surface area contributed by atoms with Gasteiger partial charge in [0.15, 0.2) is 0 Å². The molecule has 0 saturated carbocycles. The Balaban J connectivity index is 2.31. The van der Waals surface area contributed by atoms with Crippen molar-refractivity contribution in [2.24, 2.45) is 5.73 Å². The van der Waals surface area contributed by atoms with Crippen LogP contribution in [0.3, 0.4) is 0 Å². The highest BCUT2D eigenvalue weighted by Gasteiger charge is 2.17. The number of methoxy groups -OCH3 is 1. The van der Waals surface area contributed by atoms with Crippen LogP contribution < -0.4 is 15.2 Å². The van der Waals surface area contributed by atoms with E-state index < -0.39 is 6.10 Å². The summed E-state index contributed by atoms with van der Waals surface area (Å²) in [5.41, 5.74) is 6.60. The minimum Gasteiger partial charge on any atom is -0.496 e. The largest absolute Gasteiger partial charge is 0.496 e. The van der Waals surface area contributed by atoms with Gasteiger partial charge in [-0.2, -0.15) is 0 Å². The van der Waals surface area contributed by atoms with Gasteiger partial charge in [-0.05, 0) is 34.1 Å². The minimum absolute atomic E-state index is 0.253. The molecule has 1 atom stereocenters. The second-order valence-corrected chi connectivity index (χ2v) is 5.01. The average Bonchev–Trinajstić information content (AvgIpc) is 2.48. The van der Waals surface area contributed by atoms with Crippen molar-refractivity contribution in [1.29, 1.82) is 0 Å². The van der Waals surface area contributed by atoms with E-state index in [9.17, 15) is 4.39 Å². The van der Waals surface area contributed by atoms with Gasteiger partial charge < -0.3 is 15.2 Å². The van der Waals surface area contributed by atoms with E-state index in [1.165, 1.54) is 12.1 Å². The van der Waals surface area contributed by atoms with Gasteiger partial charge in [-0.1, -0.05) is 18.2 Å². The summed E-state index contributed by atoms with van der Waals surface area (Å²) in [6, 6.07) is 11.7. The molecule has 20 heavy (non-hydrogen) atoms. The van der Waals surface area contributed by atoms with Gasteiger partial charge in [0.05, 0.1) is 11.6 Å². The predicted molar refractivity (Wildman–Crippen MR) is 79.5 cm³/mol. The lowest BCUT2D eigenvalue weighted by molar-refractivity contribution is 0.206. The SMILES string of the molecule is COc1ccccc1C(CN)Oc1cc(F)ccc1Br. The molecule has 0 bridgehead atoms. The summed E-state index contributed by atoms with van der Waals surface area (Å²) >= 11 is 3.33. The molecule has 0 radical (unpaired) electrons. The van der Waals surface area contributed by atoms with E-state index in [0.717, 1.165) is 5.56 Å². The summed E-state index contributed by atoms with van der Waals surface area (Å²) in [7, 11) is 1.59. The molecule has 2 aromatic rings. The monoisotopic (exact) mass is 339 g/mol. The van der Waals surface area contributed by atoms with Crippen LogP contribution in [0.2, 0.25) is 0 Å². The molecule has 2 rings (SSSR count). The summed E-state index contributed by atoms with van der Waals surface area (Å²) in [6.45, 7) is 0.253. The number of nitrogens with two attached hydrogens (primary N) is 1. The average molecular weight is 340 g/mol. The molecule has 3 nitrogen and oxygen atoms in total. The molecule has 0 heterocycles. The van der Waals surface area contributed by atoms with E-state index in [0.29, 0.717) is 16.0 Å². The first-order chi connectivity index (χ1) is 9.65. The smallest absolute Gasteiger partial charge is 0.139 e. The maximum Gasteiger partial charge on any atom is 0.139 e. The van der Waals surface area contributed by atoms with E-state index in [2.05, 4.69) is 15.9 Å². The fourth-order valence-electron chi connectivity index (χ4n) is 1.89. The van der Waals surface area contributed by atoms with Crippen LogP contribution in [-0.4, -0.2) is 13.7 Å². The zero-order valence-corrected chi connectivity index (χ0v) is 12.6. The molecule has 106 valence electrons. The van der Waals surface area contributed by atoms with Crippen LogP contribution in [0.5, 0.6) is 11.5 Å². The lowest BCUT2D eigenvalue weighted by atomic mass is 10.1. The van der Waals surface area contributed by atoms with Crippen molar-refractivity contribution in [3.8, 4) is 11.5 Å². The molecular formula is C15H15BrFNO2. The second kappa shape index (κ2) is 6.72. The van der Waals surface area contributed by atoms with E-state index in [1.54, 1.807) is 13.2 Å². The fourth-order valence-corrected chi connectivity index (χ4v) is 2.23. The summed E-state index contributed by atoms with van der Waals surface area (Å²) in [6.07, 6.45) is -0.413. The van der Waals surface area contributed by atoms with Gasteiger partial charge in [-0.15, -0.1) is 0 Å². The van der Waals surface area contributed by atoms with Crippen LogP contribution in [0.4, 0.5) is 4.39 Å². The lowest BCUT2D eigenvalue weighted by Gasteiger charge is -2.20. The van der Waals surface area contributed by atoms with Gasteiger partial charge in [-0.3, -0.25) is 0 Å². The van der Waals surface area contributed by atoms with Crippen LogP contribution in [-0.2, 0) is 0 Å². The highest BCUT2D eigenvalue weighted by Crippen LogP contribution is 2.32. The molecule has 5 heteroatoms. The molecule has 2 aromatic carbocycles. The Morgan fingerprint density at radius 3 is 2.65 bits per heavy atom. The second-order valence-electron chi connectivity index (χ2n) is 4.16. The van der Waals surface area contributed by atoms with Crippen molar-refractivity contribution in [2.75, 3.05) is 13.7 Å². The number of hydrogen-bond acceptors (Lipinski definition) is 3. The highest BCUT2D eigenvalue weighted by atomic mass is 79.9. The maximum atomic E-state index is 13.3. The van der Waals surface area contributed by atoms with Crippen molar-refractivity contribution in [1.82, 2.24) is 0 Å². The van der Waals surface area contributed by atoms with Crippen LogP contribution in [0.1, 0.15) is 11.7 Å². The van der Waals surface area contributed by atoms with E-state index in [1.807, 2.05) is 24.3 Å². The van der Waals surface area contributed by atoms with Gasteiger partial charge in [-0.25, -0.2) is 4.39 Å². The van der Waals surface area contributed by atoms with Gasteiger partial charge >= 0.3 is 0 Å². The van der Waals surface area contributed by atoms with Gasteiger partial charge in [0.1, 0.15) is 23.4 Å². The Morgan fingerprint density at radius 2 is 1.95 bits per heavy atom. The summed E-state index contributed by atoms with van der Waals surface area (Å²) in [4.78, 5) is 0. The molecule has 0 aliphatic heterocycles. The Hall–Kier alpha value is -1.59. The standard InChI is InChI=1S/C15H15BrFNO2/c1-19-13-5-3-2-4-11(13)15(9-18)20-14-8-10(17)6-7-12(14)16/h2-8,15H,9,18H2,1H3. The molecule has 0 aromatic heterocycles. The third-order valence-electron chi connectivity index (χ3n) is 2.86. The molecule has 2 N–H and O–H groups in total. The molecule has 0 fully saturated rings. The molecule has 0 aliphatic rings. The van der Waals surface area contributed by atoms with Gasteiger partial charge in [0, 0.05) is 18.2 Å². The van der Waals surface area contributed by atoms with Gasteiger partial charge in [0.25, 0.3) is 0 Å². The first-order valence-electron chi connectivity index (χ1n) is 6.10. The summed E-state index contributed by atoms with van der Waals surface area (Å²) < 4.78 is 25.1. The Bertz CT molecular complexity index is 592. The topological polar surface area (TPSA) is 44.5 Å². The zero-order valence-electron chi connectivity index (χ0n) is 11.0. The van der Waals surface area contributed by atoms with Crippen molar-refractivity contribution >= 4 is 15.9 Å². The number of rotatable bonds is 5. The molecule has 0 spiro atoms. The zero-order chi connectivity index (χ0) is 14.5. The third kappa shape index (κ3) is 3.29. The lowest BCUT2D eigenvalue weighted by Crippen LogP contribution is -2.19. The first kappa shape index (κ1) is 14.8. The minimum atomic E-state index is -0.413. The van der Waals surface area contributed by atoms with Crippen molar-refractivity contribution in [3.05, 3.63) is 58.3 Å². The van der Waals surface area contributed by atoms with Crippen molar-refractivity contribution < 1.29 is 13.9 Å². The Kier molecular flexibility index (Phi) is 4.98. The van der Waals surface area contributed by atoms with E-state index in [-0.39, 0.29) is 12.4 Å². The summed E-state index contributed by atoms with van der Waals surface area (Å²) in [5.74, 6) is 0.737. The quantitative estimate of drug-likeness (QED) is 0.903. The van der Waals surface area contributed by atoms with Crippen LogP contribution in [0.15, 0.2) is 46.9 Å². The van der Waals surface area contributed by atoms with Crippen LogP contribution >= 0.6 is 15.9 Å².